The van der Waals surface area contributed by atoms with E-state index < -0.39 is 5.60 Å². The summed E-state index contributed by atoms with van der Waals surface area (Å²) in [6, 6.07) is 11.8. The third kappa shape index (κ3) is 4.50. The van der Waals surface area contributed by atoms with E-state index in [-0.39, 0.29) is 11.7 Å². The topological polar surface area (TPSA) is 85.6 Å². The van der Waals surface area contributed by atoms with Crippen LogP contribution >= 0.6 is 0 Å². The molecule has 2 aliphatic rings. The van der Waals surface area contributed by atoms with Crippen molar-refractivity contribution in [3.63, 3.8) is 0 Å². The van der Waals surface area contributed by atoms with Crippen LogP contribution < -0.4 is 5.32 Å². The molecule has 1 fully saturated rings. The number of hydrogen-bond acceptors (Lipinski definition) is 5. The van der Waals surface area contributed by atoms with Crippen molar-refractivity contribution in [3.8, 4) is 0 Å². The number of rotatable bonds is 6. The van der Waals surface area contributed by atoms with Gasteiger partial charge in [0.2, 0.25) is 11.7 Å². The molecule has 3 heterocycles. The summed E-state index contributed by atoms with van der Waals surface area (Å²) < 4.78 is 8.28. The van der Waals surface area contributed by atoms with Crippen LogP contribution in [0.1, 0.15) is 62.1 Å². The molecule has 1 aliphatic carbocycles. The number of amides is 1. The van der Waals surface area contributed by atoms with Crippen LogP contribution in [-0.2, 0) is 14.3 Å². The predicted molar refractivity (Wildman–Crippen MR) is 134 cm³/mol. The molecule has 2 aromatic heterocycles. The molecular weight excluding hydrogens is 440 g/mol. The Morgan fingerprint density at radius 2 is 2.03 bits per heavy atom. The molecule has 3 aromatic rings. The molecule has 0 radical (unpaired) electrons. The molecule has 0 atom stereocenters. The van der Waals surface area contributed by atoms with Gasteiger partial charge in [0, 0.05) is 24.4 Å². The Balaban J connectivity index is 1.44. The van der Waals surface area contributed by atoms with E-state index in [1.165, 1.54) is 6.33 Å². The van der Waals surface area contributed by atoms with Gasteiger partial charge in [0.1, 0.15) is 12.1 Å². The van der Waals surface area contributed by atoms with Crippen LogP contribution in [0.3, 0.4) is 0 Å². The summed E-state index contributed by atoms with van der Waals surface area (Å²) in [6.07, 6.45) is 9.48. The van der Waals surface area contributed by atoms with Crippen LogP contribution in [-0.4, -0.2) is 38.4 Å². The van der Waals surface area contributed by atoms with Crippen molar-refractivity contribution in [1.82, 2.24) is 19.9 Å². The van der Waals surface area contributed by atoms with E-state index in [4.69, 9.17) is 4.74 Å². The highest BCUT2D eigenvalue weighted by molar-refractivity contribution is 6.33. The van der Waals surface area contributed by atoms with Gasteiger partial charge in [-0.3, -0.25) is 9.59 Å². The second kappa shape index (κ2) is 9.49. The molecule has 1 aliphatic heterocycles. The molecule has 0 saturated heterocycles. The molecule has 1 saturated carbocycles. The van der Waals surface area contributed by atoms with E-state index in [9.17, 15) is 9.59 Å². The molecule has 1 amide bonds. The second-order valence-corrected chi connectivity index (χ2v) is 9.43. The fraction of sp³-hybridized carbons (Fsp3) is 0.357. The minimum absolute atomic E-state index is 0.0169. The van der Waals surface area contributed by atoms with Gasteiger partial charge in [0.15, 0.2) is 11.2 Å². The number of aromatic nitrogens is 3. The van der Waals surface area contributed by atoms with Crippen molar-refractivity contribution in [1.29, 1.82) is 0 Å². The number of allylic oxidation sites excluding steroid dienone is 1. The Kier molecular flexibility index (Phi) is 6.24. The van der Waals surface area contributed by atoms with Crippen molar-refractivity contribution in [2.45, 2.75) is 58.0 Å². The molecule has 7 heteroatoms. The minimum Gasteiger partial charge on any atom is -0.478 e. The van der Waals surface area contributed by atoms with Crippen molar-refractivity contribution < 1.29 is 14.3 Å². The monoisotopic (exact) mass is 470 g/mol. The number of pyridine rings is 1. The predicted octanol–water partition coefficient (Wildman–Crippen LogP) is 4.66. The molecule has 1 N–H and O–H groups in total. The van der Waals surface area contributed by atoms with E-state index in [1.807, 2.05) is 49.5 Å². The largest absolute Gasteiger partial charge is 0.478 e. The number of ketones is 1. The quantitative estimate of drug-likeness (QED) is 0.418. The van der Waals surface area contributed by atoms with E-state index in [2.05, 4.69) is 22.3 Å². The number of hydrogen-bond donors (Lipinski definition) is 1. The van der Waals surface area contributed by atoms with Crippen LogP contribution in [0.25, 0.3) is 17.0 Å². The molecule has 7 nitrogen and oxygen atoms in total. The maximum Gasteiger partial charge on any atom is 0.243 e. The first kappa shape index (κ1) is 23.0. The lowest BCUT2D eigenvalue weighted by atomic mass is 9.77. The van der Waals surface area contributed by atoms with Crippen LogP contribution in [0.2, 0.25) is 0 Å². The van der Waals surface area contributed by atoms with Gasteiger partial charge < -0.3 is 10.1 Å². The van der Waals surface area contributed by atoms with Gasteiger partial charge in [-0.25, -0.2) is 9.50 Å². The fourth-order valence-electron chi connectivity index (χ4n) is 4.91. The number of aryl methyl sites for hydroxylation is 1. The summed E-state index contributed by atoms with van der Waals surface area (Å²) in [5.41, 5.74) is 4.22. The third-order valence-corrected chi connectivity index (χ3v) is 6.87. The third-order valence-electron chi connectivity index (χ3n) is 6.87. The molecular formula is C28H30N4O3. The first-order valence-electron chi connectivity index (χ1n) is 12.3. The average Bonchev–Trinajstić information content (AvgIpc) is 3.43. The number of unbranched alkanes of at least 4 members (excludes halogenated alkanes) is 1. The summed E-state index contributed by atoms with van der Waals surface area (Å²) in [5.74, 6) is 0.550. The van der Waals surface area contributed by atoms with Crippen molar-refractivity contribution in [2.75, 3.05) is 6.54 Å². The number of nitrogens with zero attached hydrogens (tertiary/aromatic N) is 3. The van der Waals surface area contributed by atoms with Crippen LogP contribution in [0.15, 0.2) is 60.6 Å². The summed E-state index contributed by atoms with van der Waals surface area (Å²) >= 11 is 0. The van der Waals surface area contributed by atoms with Gasteiger partial charge >= 0.3 is 0 Å². The number of nitrogens with one attached hydrogen (secondary N) is 1. The first-order valence-corrected chi connectivity index (χ1v) is 12.3. The van der Waals surface area contributed by atoms with Gasteiger partial charge in [-0.2, -0.15) is 5.10 Å². The van der Waals surface area contributed by atoms with E-state index >= 15 is 0 Å². The lowest BCUT2D eigenvalue weighted by molar-refractivity contribution is -0.129. The zero-order valence-corrected chi connectivity index (χ0v) is 20.2. The van der Waals surface area contributed by atoms with Crippen LogP contribution in [0.4, 0.5) is 0 Å². The lowest BCUT2D eigenvalue weighted by Crippen LogP contribution is -2.40. The van der Waals surface area contributed by atoms with Gasteiger partial charge in [0.05, 0.1) is 5.57 Å². The van der Waals surface area contributed by atoms with Crippen LogP contribution in [0.5, 0.6) is 0 Å². The van der Waals surface area contributed by atoms with Crippen molar-refractivity contribution >= 4 is 28.7 Å². The minimum atomic E-state index is -0.915. The molecule has 0 bridgehead atoms. The standard InChI is InChI=1S/C28H30N4O3/c1-3-4-14-29-24(33)16-20-10-12-28(13-11-20)27(34)25(21-7-5-6-19(2)15-21)26(35-28)22-8-9-23-30-18-31-32(23)17-22/h5-9,15-18H,3-4,10-14H2,1-2H3,(H,29,33). The molecule has 1 spiro atoms. The van der Waals surface area contributed by atoms with E-state index in [1.54, 1.807) is 10.6 Å². The lowest BCUT2D eigenvalue weighted by Gasteiger charge is -2.33. The number of carbonyl (C=O) groups excluding carboxylic acids is 2. The first-order chi connectivity index (χ1) is 17.0. The summed E-state index contributed by atoms with van der Waals surface area (Å²) in [7, 11) is 0. The number of Topliss-reactive ketones (excluding diaryl/α,β-unsaturated/α-hetero) is 1. The smallest absolute Gasteiger partial charge is 0.243 e. The van der Waals surface area contributed by atoms with Gasteiger partial charge in [0.25, 0.3) is 0 Å². The van der Waals surface area contributed by atoms with Crippen molar-refractivity contribution in [2.24, 2.45) is 0 Å². The van der Waals surface area contributed by atoms with Crippen LogP contribution in [0, 0.1) is 6.92 Å². The highest BCUT2D eigenvalue weighted by Gasteiger charge is 2.51. The van der Waals surface area contributed by atoms with E-state index in [0.717, 1.165) is 40.8 Å². The Bertz CT molecular complexity index is 1340. The number of benzene rings is 1. The molecule has 35 heavy (non-hydrogen) atoms. The maximum atomic E-state index is 14.0. The Morgan fingerprint density at radius 1 is 1.20 bits per heavy atom. The normalized spacial score (nSPS) is 19.9. The summed E-state index contributed by atoms with van der Waals surface area (Å²) in [4.78, 5) is 30.4. The Labute approximate surface area is 204 Å². The number of ether oxygens (including phenoxy) is 1. The zero-order valence-electron chi connectivity index (χ0n) is 20.2. The molecule has 180 valence electrons. The number of carbonyl (C=O) groups is 2. The number of fused-ring (bicyclic) bond motifs is 1. The van der Waals surface area contributed by atoms with Gasteiger partial charge in [-0.1, -0.05) is 48.7 Å². The Morgan fingerprint density at radius 3 is 2.80 bits per heavy atom. The highest BCUT2D eigenvalue weighted by atomic mass is 16.5. The van der Waals surface area contributed by atoms with Gasteiger partial charge in [-0.05, 0) is 56.7 Å². The fourth-order valence-corrected chi connectivity index (χ4v) is 4.91. The zero-order chi connectivity index (χ0) is 24.4. The second-order valence-electron chi connectivity index (χ2n) is 9.43. The highest BCUT2D eigenvalue weighted by Crippen LogP contribution is 2.48. The van der Waals surface area contributed by atoms with E-state index in [0.29, 0.717) is 43.6 Å². The summed E-state index contributed by atoms with van der Waals surface area (Å²) in [6.45, 7) is 4.81. The SMILES string of the molecule is CCCCNC(=O)C=C1CCC2(CC1)OC(c1ccc3ncnn3c1)=C(c1cccc(C)c1)C2=O. The Hall–Kier alpha value is -3.74. The summed E-state index contributed by atoms with van der Waals surface area (Å²) in [5, 5.41) is 7.19. The molecule has 5 rings (SSSR count). The molecule has 0 unspecified atom stereocenters. The van der Waals surface area contributed by atoms with Crippen molar-refractivity contribution in [3.05, 3.63) is 77.3 Å². The van der Waals surface area contributed by atoms with Gasteiger partial charge in [-0.15, -0.1) is 0 Å². The maximum absolute atomic E-state index is 14.0. The molecule has 1 aromatic carbocycles. The average molecular weight is 471 g/mol.